The quantitative estimate of drug-likeness (QED) is 0.0543. The lowest BCUT2D eigenvalue weighted by Crippen LogP contribution is -2.09. The van der Waals surface area contributed by atoms with Crippen LogP contribution in [0, 0.1) is 6.92 Å². The molecule has 4 rings (SSSR count). The van der Waals surface area contributed by atoms with E-state index in [9.17, 15) is 9.13 Å². The van der Waals surface area contributed by atoms with E-state index in [4.69, 9.17) is 36.6 Å². The summed E-state index contributed by atoms with van der Waals surface area (Å²) in [6, 6.07) is 28.8. The molecule has 0 heterocycles. The molecule has 0 aromatic heterocycles. The Morgan fingerprint density at radius 2 is 1.15 bits per heavy atom. The Kier molecular flexibility index (Phi) is 13.3. The van der Waals surface area contributed by atoms with Crippen molar-refractivity contribution in [2.75, 3.05) is 27.8 Å². The maximum atomic E-state index is 13.2. The standard InChI is InChI=1S/C34H40O10P2/c1-5-6-9-16-28-23-32(39-25-41-45(35,37-3)43-30-18-10-7-11-19-30)34(29-17-14-15-27(2)22-29)33(24-28)40-26-42-46(36,38-4)44-31-20-12-8-13-21-31/h7-8,10-15,17-24H,5-6,9,16,25-26H2,1-4H3. The molecule has 12 heteroatoms. The number of phosphoric ester groups is 2. The van der Waals surface area contributed by atoms with Crippen LogP contribution in [-0.4, -0.2) is 27.8 Å². The van der Waals surface area contributed by atoms with Gasteiger partial charge in [0.15, 0.2) is 0 Å². The average molecular weight is 671 g/mol. The number of aryl methyl sites for hydroxylation is 2. The van der Waals surface area contributed by atoms with Crippen molar-refractivity contribution in [1.82, 2.24) is 0 Å². The first-order valence-electron chi connectivity index (χ1n) is 14.9. The van der Waals surface area contributed by atoms with Crippen LogP contribution in [0.4, 0.5) is 0 Å². The number of hydrogen-bond donors (Lipinski definition) is 0. The highest BCUT2D eigenvalue weighted by Gasteiger charge is 2.29. The van der Waals surface area contributed by atoms with Crippen molar-refractivity contribution in [2.24, 2.45) is 0 Å². The van der Waals surface area contributed by atoms with E-state index in [1.807, 2.05) is 55.5 Å². The van der Waals surface area contributed by atoms with Crippen LogP contribution in [0.5, 0.6) is 23.0 Å². The van der Waals surface area contributed by atoms with E-state index in [0.29, 0.717) is 28.6 Å². The topological polar surface area (TPSA) is 108 Å². The monoisotopic (exact) mass is 670 g/mol. The van der Waals surface area contributed by atoms with Gasteiger partial charge in [0.25, 0.3) is 0 Å². The summed E-state index contributed by atoms with van der Waals surface area (Å²) in [6.07, 6.45) is 3.79. The molecule has 0 radical (unpaired) electrons. The second-order valence-corrected chi connectivity index (χ2v) is 13.5. The molecule has 46 heavy (non-hydrogen) atoms. The van der Waals surface area contributed by atoms with Crippen LogP contribution in [0.1, 0.15) is 37.3 Å². The second kappa shape index (κ2) is 17.3. The molecule has 4 aromatic carbocycles. The predicted octanol–water partition coefficient (Wildman–Crippen LogP) is 9.77. The molecule has 0 saturated carbocycles. The van der Waals surface area contributed by atoms with Crippen molar-refractivity contribution < 1.29 is 45.7 Å². The molecule has 2 unspecified atom stereocenters. The summed E-state index contributed by atoms with van der Waals surface area (Å²) in [5, 5.41) is 0. The predicted molar refractivity (Wildman–Crippen MR) is 176 cm³/mol. The normalized spacial score (nSPS) is 13.7. The first-order chi connectivity index (χ1) is 22.3. The number of benzene rings is 4. The van der Waals surface area contributed by atoms with Gasteiger partial charge in [0.1, 0.15) is 23.0 Å². The van der Waals surface area contributed by atoms with Crippen LogP contribution in [0.2, 0.25) is 0 Å². The van der Waals surface area contributed by atoms with E-state index in [2.05, 4.69) is 6.92 Å². The van der Waals surface area contributed by atoms with Crippen LogP contribution < -0.4 is 18.5 Å². The van der Waals surface area contributed by atoms with Gasteiger partial charge in [-0.2, -0.15) is 0 Å². The van der Waals surface area contributed by atoms with Gasteiger partial charge in [-0.1, -0.05) is 86.0 Å². The molecule has 4 aromatic rings. The molecular formula is C34H40O10P2. The fourth-order valence-electron chi connectivity index (χ4n) is 4.44. The number of ether oxygens (including phenoxy) is 2. The molecule has 2 atom stereocenters. The molecule has 0 N–H and O–H groups in total. The third-order valence-electron chi connectivity index (χ3n) is 6.72. The van der Waals surface area contributed by atoms with Crippen LogP contribution in [0.25, 0.3) is 11.1 Å². The van der Waals surface area contributed by atoms with E-state index in [1.165, 1.54) is 14.2 Å². The van der Waals surface area contributed by atoms with Crippen molar-refractivity contribution >= 4 is 15.6 Å². The lowest BCUT2D eigenvalue weighted by atomic mass is 9.97. The highest BCUT2D eigenvalue weighted by atomic mass is 31.2. The van der Waals surface area contributed by atoms with Gasteiger partial charge in [-0.05, 0) is 67.3 Å². The summed E-state index contributed by atoms with van der Waals surface area (Å²) >= 11 is 0. The number of hydrogen-bond acceptors (Lipinski definition) is 10. The van der Waals surface area contributed by atoms with E-state index in [0.717, 1.165) is 42.4 Å². The zero-order valence-corrected chi connectivity index (χ0v) is 28.2. The summed E-state index contributed by atoms with van der Waals surface area (Å²) in [5.74, 6) is 1.47. The first-order valence-corrected chi connectivity index (χ1v) is 17.8. The van der Waals surface area contributed by atoms with Crippen LogP contribution >= 0.6 is 15.6 Å². The fourth-order valence-corrected chi connectivity index (χ4v) is 6.03. The molecule has 0 saturated heterocycles. The Hall–Kier alpha value is -3.62. The van der Waals surface area contributed by atoms with Crippen molar-refractivity contribution in [3.05, 3.63) is 108 Å². The molecule has 0 aliphatic carbocycles. The second-order valence-electron chi connectivity index (χ2n) is 10.1. The van der Waals surface area contributed by atoms with Crippen molar-refractivity contribution in [3.8, 4) is 34.1 Å². The van der Waals surface area contributed by atoms with Gasteiger partial charge >= 0.3 is 15.6 Å². The van der Waals surface area contributed by atoms with Crippen LogP contribution in [-0.2, 0) is 33.6 Å². The molecule has 0 aliphatic heterocycles. The zero-order valence-electron chi connectivity index (χ0n) is 26.5. The van der Waals surface area contributed by atoms with E-state index < -0.39 is 29.2 Å². The minimum absolute atomic E-state index is 0.325. The third-order valence-corrected chi connectivity index (χ3v) is 9.33. The maximum Gasteiger partial charge on any atom is 0.532 e. The third kappa shape index (κ3) is 10.5. The average Bonchev–Trinajstić information content (AvgIpc) is 3.06. The number of para-hydroxylation sites is 2. The lowest BCUT2D eigenvalue weighted by molar-refractivity contribution is 0.0748. The van der Waals surface area contributed by atoms with Crippen molar-refractivity contribution in [2.45, 2.75) is 39.5 Å². The molecule has 246 valence electrons. The first kappa shape index (κ1) is 35.2. The Morgan fingerprint density at radius 3 is 1.61 bits per heavy atom. The molecule has 0 bridgehead atoms. The SMILES string of the molecule is CCCCCc1cc(OCOP(=O)(OC)Oc2ccccc2)c(-c2cccc(C)c2)c(OCOP(=O)(OC)Oc2ccccc2)c1. The molecule has 10 nitrogen and oxygen atoms in total. The van der Waals surface area contributed by atoms with Gasteiger partial charge in [-0.15, -0.1) is 0 Å². The van der Waals surface area contributed by atoms with Gasteiger partial charge in [-0.3, -0.25) is 9.05 Å². The summed E-state index contributed by atoms with van der Waals surface area (Å²) in [7, 11) is -5.53. The Bertz CT molecular complexity index is 1520. The smallest absolute Gasteiger partial charge is 0.466 e. The fraction of sp³-hybridized carbons (Fsp3) is 0.294. The van der Waals surface area contributed by atoms with Crippen molar-refractivity contribution in [3.63, 3.8) is 0 Å². The van der Waals surface area contributed by atoms with Gasteiger partial charge in [0, 0.05) is 14.2 Å². The summed E-state index contributed by atoms with van der Waals surface area (Å²) in [5.41, 5.74) is 3.31. The van der Waals surface area contributed by atoms with Gasteiger partial charge in [0.05, 0.1) is 5.56 Å². The van der Waals surface area contributed by atoms with Gasteiger partial charge in [-0.25, -0.2) is 18.2 Å². The summed E-state index contributed by atoms with van der Waals surface area (Å²) < 4.78 is 70.9. The Balaban J connectivity index is 1.62. The van der Waals surface area contributed by atoms with Crippen LogP contribution in [0.3, 0.4) is 0 Å². The van der Waals surface area contributed by atoms with Crippen LogP contribution in [0.15, 0.2) is 97.1 Å². The lowest BCUT2D eigenvalue weighted by Gasteiger charge is -2.21. The Labute approximate surface area is 270 Å². The Morgan fingerprint density at radius 1 is 0.630 bits per heavy atom. The zero-order chi connectivity index (χ0) is 32.8. The van der Waals surface area contributed by atoms with E-state index in [-0.39, 0.29) is 0 Å². The largest absolute Gasteiger partial charge is 0.532 e. The molecular weight excluding hydrogens is 630 g/mol. The molecule has 0 aliphatic rings. The molecule has 0 spiro atoms. The highest BCUT2D eigenvalue weighted by Crippen LogP contribution is 2.50. The number of phosphoric acid groups is 2. The maximum absolute atomic E-state index is 13.2. The van der Waals surface area contributed by atoms with Gasteiger partial charge < -0.3 is 18.5 Å². The van der Waals surface area contributed by atoms with E-state index in [1.54, 1.807) is 48.5 Å². The minimum Gasteiger partial charge on any atom is -0.466 e. The van der Waals surface area contributed by atoms with Gasteiger partial charge in [0.2, 0.25) is 13.6 Å². The molecule has 0 amide bonds. The highest BCUT2D eigenvalue weighted by molar-refractivity contribution is 7.49. The number of unbranched alkanes of at least 4 members (excludes halogenated alkanes) is 2. The summed E-state index contributed by atoms with van der Waals surface area (Å²) in [6.45, 7) is 3.21. The van der Waals surface area contributed by atoms with E-state index >= 15 is 0 Å². The molecule has 0 fully saturated rings. The summed E-state index contributed by atoms with van der Waals surface area (Å²) in [4.78, 5) is 0. The van der Waals surface area contributed by atoms with Crippen molar-refractivity contribution in [1.29, 1.82) is 0 Å². The number of rotatable bonds is 19. The minimum atomic E-state index is -4.00.